The SMILES string of the molecule is O=C(NCCc1ccccc1)c1cc(-c2ccccc2Cl)nn1-c1ccc(Cl)cc1. The maximum absolute atomic E-state index is 13.0. The Morgan fingerprint density at radius 3 is 2.33 bits per heavy atom. The van der Waals surface area contributed by atoms with Crippen LogP contribution in [0.5, 0.6) is 0 Å². The number of nitrogens with zero attached hydrogens (tertiary/aromatic N) is 2. The van der Waals surface area contributed by atoms with Gasteiger partial charge in [0.1, 0.15) is 5.69 Å². The van der Waals surface area contributed by atoms with Crippen LogP contribution in [0, 0.1) is 0 Å². The van der Waals surface area contributed by atoms with Gasteiger partial charge in [0.25, 0.3) is 5.91 Å². The van der Waals surface area contributed by atoms with Gasteiger partial charge < -0.3 is 5.32 Å². The molecule has 1 heterocycles. The van der Waals surface area contributed by atoms with Crippen molar-refractivity contribution in [1.29, 1.82) is 0 Å². The zero-order chi connectivity index (χ0) is 20.9. The smallest absolute Gasteiger partial charge is 0.270 e. The Morgan fingerprint density at radius 1 is 0.900 bits per heavy atom. The molecule has 1 aromatic heterocycles. The molecule has 4 aromatic rings. The number of carbonyl (C=O) groups is 1. The van der Waals surface area contributed by atoms with Gasteiger partial charge in [0, 0.05) is 17.1 Å². The molecule has 0 saturated carbocycles. The summed E-state index contributed by atoms with van der Waals surface area (Å²) in [6, 6.07) is 26.4. The lowest BCUT2D eigenvalue weighted by molar-refractivity contribution is 0.0946. The Labute approximate surface area is 185 Å². The fourth-order valence-corrected chi connectivity index (χ4v) is 3.54. The van der Waals surface area contributed by atoms with Crippen LogP contribution in [-0.2, 0) is 6.42 Å². The molecule has 0 atom stereocenters. The predicted molar refractivity (Wildman–Crippen MR) is 121 cm³/mol. The van der Waals surface area contributed by atoms with E-state index in [4.69, 9.17) is 23.2 Å². The van der Waals surface area contributed by atoms with E-state index in [9.17, 15) is 4.79 Å². The molecule has 30 heavy (non-hydrogen) atoms. The number of carbonyl (C=O) groups excluding carboxylic acids is 1. The molecule has 4 rings (SSSR count). The van der Waals surface area contributed by atoms with Crippen LogP contribution < -0.4 is 5.32 Å². The maximum Gasteiger partial charge on any atom is 0.270 e. The van der Waals surface area contributed by atoms with Gasteiger partial charge in [0.05, 0.1) is 16.4 Å². The zero-order valence-corrected chi connectivity index (χ0v) is 17.6. The summed E-state index contributed by atoms with van der Waals surface area (Å²) in [5.41, 5.74) is 3.74. The van der Waals surface area contributed by atoms with Gasteiger partial charge in [-0.2, -0.15) is 5.10 Å². The quantitative estimate of drug-likeness (QED) is 0.414. The van der Waals surface area contributed by atoms with Gasteiger partial charge in [-0.25, -0.2) is 4.68 Å². The fourth-order valence-electron chi connectivity index (χ4n) is 3.18. The standard InChI is InChI=1S/C24H19Cl2N3O/c25-18-10-12-19(13-11-18)29-23(16-22(28-29)20-8-4-5-9-21(20)26)24(30)27-15-14-17-6-2-1-3-7-17/h1-13,16H,14-15H2,(H,27,30). The highest BCUT2D eigenvalue weighted by atomic mass is 35.5. The van der Waals surface area contributed by atoms with Crippen molar-refractivity contribution in [3.05, 3.63) is 106 Å². The van der Waals surface area contributed by atoms with Crippen LogP contribution in [0.4, 0.5) is 0 Å². The molecule has 0 fully saturated rings. The van der Waals surface area contributed by atoms with Gasteiger partial charge in [-0.1, -0.05) is 71.7 Å². The number of benzene rings is 3. The largest absolute Gasteiger partial charge is 0.350 e. The highest BCUT2D eigenvalue weighted by Gasteiger charge is 2.18. The molecule has 0 unspecified atom stereocenters. The number of amides is 1. The van der Waals surface area contributed by atoms with E-state index in [0.29, 0.717) is 28.0 Å². The molecule has 0 aliphatic rings. The lowest BCUT2D eigenvalue weighted by Gasteiger charge is -2.08. The molecule has 4 nitrogen and oxygen atoms in total. The summed E-state index contributed by atoms with van der Waals surface area (Å²) in [6.07, 6.45) is 0.749. The molecular weight excluding hydrogens is 417 g/mol. The lowest BCUT2D eigenvalue weighted by Crippen LogP contribution is -2.27. The third-order valence-electron chi connectivity index (χ3n) is 4.71. The average molecular weight is 436 g/mol. The summed E-state index contributed by atoms with van der Waals surface area (Å²) in [5, 5.41) is 8.84. The summed E-state index contributed by atoms with van der Waals surface area (Å²) >= 11 is 12.4. The first-order chi connectivity index (χ1) is 14.6. The van der Waals surface area contributed by atoms with Crippen molar-refractivity contribution in [1.82, 2.24) is 15.1 Å². The Bertz CT molecular complexity index is 1150. The van der Waals surface area contributed by atoms with Crippen LogP contribution in [0.25, 0.3) is 16.9 Å². The van der Waals surface area contributed by atoms with Gasteiger partial charge in [-0.05, 0) is 48.4 Å². The van der Waals surface area contributed by atoms with E-state index < -0.39 is 0 Å². The minimum Gasteiger partial charge on any atom is -0.350 e. The zero-order valence-electron chi connectivity index (χ0n) is 16.1. The van der Waals surface area contributed by atoms with Crippen LogP contribution in [0.1, 0.15) is 16.1 Å². The van der Waals surface area contributed by atoms with E-state index in [1.165, 1.54) is 5.56 Å². The van der Waals surface area contributed by atoms with Crippen LogP contribution in [-0.4, -0.2) is 22.2 Å². The summed E-state index contributed by atoms with van der Waals surface area (Å²) in [4.78, 5) is 13.0. The maximum atomic E-state index is 13.0. The highest BCUT2D eigenvalue weighted by molar-refractivity contribution is 6.33. The number of hydrogen-bond donors (Lipinski definition) is 1. The molecule has 0 aliphatic carbocycles. The number of hydrogen-bond acceptors (Lipinski definition) is 2. The highest BCUT2D eigenvalue weighted by Crippen LogP contribution is 2.28. The average Bonchev–Trinajstić information content (AvgIpc) is 3.20. The molecule has 0 aliphatic heterocycles. The van der Waals surface area contributed by atoms with Gasteiger partial charge in [0.15, 0.2) is 0 Å². The second-order valence-corrected chi connectivity index (χ2v) is 7.62. The Balaban J connectivity index is 1.63. The molecular formula is C24H19Cl2N3O. The lowest BCUT2D eigenvalue weighted by atomic mass is 10.1. The third-order valence-corrected chi connectivity index (χ3v) is 5.29. The number of halogens is 2. The monoisotopic (exact) mass is 435 g/mol. The Hall–Kier alpha value is -3.08. The molecule has 0 bridgehead atoms. The normalized spacial score (nSPS) is 10.7. The first-order valence-corrected chi connectivity index (χ1v) is 10.3. The van der Waals surface area contributed by atoms with E-state index in [1.54, 1.807) is 28.9 Å². The van der Waals surface area contributed by atoms with E-state index in [1.807, 2.05) is 60.7 Å². The summed E-state index contributed by atoms with van der Waals surface area (Å²) < 4.78 is 1.62. The van der Waals surface area contributed by atoms with Crippen LogP contribution in [0.2, 0.25) is 10.0 Å². The minimum absolute atomic E-state index is 0.202. The van der Waals surface area contributed by atoms with Crippen molar-refractivity contribution < 1.29 is 4.79 Å². The second-order valence-electron chi connectivity index (χ2n) is 6.77. The first-order valence-electron chi connectivity index (χ1n) is 9.55. The van der Waals surface area contributed by atoms with E-state index in [0.717, 1.165) is 17.7 Å². The molecule has 6 heteroatoms. The van der Waals surface area contributed by atoms with Gasteiger partial charge >= 0.3 is 0 Å². The molecule has 0 radical (unpaired) electrons. The van der Waals surface area contributed by atoms with Crippen molar-refractivity contribution in [3.63, 3.8) is 0 Å². The third kappa shape index (κ3) is 4.56. The van der Waals surface area contributed by atoms with Crippen LogP contribution in [0.3, 0.4) is 0 Å². The first kappa shape index (κ1) is 20.2. The molecule has 150 valence electrons. The molecule has 0 saturated heterocycles. The Morgan fingerprint density at radius 2 is 1.60 bits per heavy atom. The molecule has 1 N–H and O–H groups in total. The van der Waals surface area contributed by atoms with Crippen LogP contribution >= 0.6 is 23.2 Å². The van der Waals surface area contributed by atoms with Crippen molar-refractivity contribution in [2.24, 2.45) is 0 Å². The number of aromatic nitrogens is 2. The van der Waals surface area contributed by atoms with Crippen molar-refractivity contribution in [3.8, 4) is 16.9 Å². The number of rotatable bonds is 6. The topological polar surface area (TPSA) is 46.9 Å². The molecule has 1 amide bonds. The van der Waals surface area contributed by atoms with Crippen molar-refractivity contribution in [2.75, 3.05) is 6.54 Å². The van der Waals surface area contributed by atoms with Gasteiger partial charge in [0.2, 0.25) is 0 Å². The summed E-state index contributed by atoms with van der Waals surface area (Å²) in [6.45, 7) is 0.524. The fraction of sp³-hybridized carbons (Fsp3) is 0.0833. The van der Waals surface area contributed by atoms with Gasteiger partial charge in [-0.3, -0.25) is 4.79 Å². The van der Waals surface area contributed by atoms with E-state index >= 15 is 0 Å². The van der Waals surface area contributed by atoms with Crippen molar-refractivity contribution >= 4 is 29.1 Å². The molecule has 3 aromatic carbocycles. The van der Waals surface area contributed by atoms with Crippen molar-refractivity contribution in [2.45, 2.75) is 6.42 Å². The summed E-state index contributed by atoms with van der Waals surface area (Å²) in [5.74, 6) is -0.202. The van der Waals surface area contributed by atoms with Crippen LogP contribution in [0.15, 0.2) is 84.9 Å². The number of nitrogens with one attached hydrogen (secondary N) is 1. The second kappa shape index (κ2) is 9.16. The van der Waals surface area contributed by atoms with Gasteiger partial charge in [-0.15, -0.1) is 0 Å². The minimum atomic E-state index is -0.202. The Kier molecular flexibility index (Phi) is 6.17. The van der Waals surface area contributed by atoms with E-state index in [-0.39, 0.29) is 5.91 Å². The summed E-state index contributed by atoms with van der Waals surface area (Å²) in [7, 11) is 0. The predicted octanol–water partition coefficient (Wildman–Crippen LogP) is 5.82. The molecule has 0 spiro atoms. The van der Waals surface area contributed by atoms with E-state index in [2.05, 4.69) is 10.4 Å².